The predicted octanol–water partition coefficient (Wildman–Crippen LogP) is 4.19. The zero-order valence-electron chi connectivity index (χ0n) is 15.4. The number of halogens is 2. The number of hydrogen-bond acceptors (Lipinski definition) is 3. The molecule has 0 heterocycles. The van der Waals surface area contributed by atoms with Gasteiger partial charge in [0.25, 0.3) is 5.91 Å². The monoisotopic (exact) mass is 435 g/mol. The van der Waals surface area contributed by atoms with Crippen LogP contribution in [0.3, 0.4) is 0 Å². The number of amides is 2. The molecule has 0 saturated heterocycles. The number of benzene rings is 2. The van der Waals surface area contributed by atoms with Crippen LogP contribution in [-0.2, 0) is 4.79 Å². The van der Waals surface area contributed by atoms with Crippen molar-refractivity contribution >= 4 is 39.1 Å². The van der Waals surface area contributed by atoms with Crippen LogP contribution in [0.4, 0.5) is 15.8 Å². The third-order valence-corrected chi connectivity index (χ3v) is 4.78. The van der Waals surface area contributed by atoms with Crippen LogP contribution in [-0.4, -0.2) is 31.4 Å². The van der Waals surface area contributed by atoms with Gasteiger partial charge in [0.2, 0.25) is 5.91 Å². The van der Waals surface area contributed by atoms with E-state index in [0.29, 0.717) is 10.2 Å². The number of nitrogens with one attached hydrogen (secondary N) is 2. The van der Waals surface area contributed by atoms with Crippen molar-refractivity contribution < 1.29 is 14.0 Å². The van der Waals surface area contributed by atoms with E-state index in [9.17, 15) is 14.0 Å². The van der Waals surface area contributed by atoms with Crippen LogP contribution in [0.1, 0.15) is 30.6 Å². The Hall–Kier alpha value is -2.41. The molecule has 7 heteroatoms. The lowest BCUT2D eigenvalue weighted by Crippen LogP contribution is -2.28. The van der Waals surface area contributed by atoms with Gasteiger partial charge in [-0.3, -0.25) is 9.59 Å². The first-order valence-electron chi connectivity index (χ1n) is 8.82. The lowest BCUT2D eigenvalue weighted by Gasteiger charge is -2.21. The van der Waals surface area contributed by atoms with Gasteiger partial charge < -0.3 is 15.5 Å². The van der Waals surface area contributed by atoms with E-state index in [-0.39, 0.29) is 24.4 Å². The van der Waals surface area contributed by atoms with Gasteiger partial charge in [-0.1, -0.05) is 0 Å². The molecule has 2 amide bonds. The number of hydrogen-bond donors (Lipinski definition) is 2. The second kappa shape index (κ2) is 10.1. The minimum atomic E-state index is -0.491. The SMILES string of the molecule is CCN(CC)c1ccc(NC(=O)CCNC(=O)c2cc(F)ccc2Br)cc1. The van der Waals surface area contributed by atoms with Gasteiger partial charge in [-0.05, 0) is 72.2 Å². The van der Waals surface area contributed by atoms with Crippen LogP contribution in [0, 0.1) is 5.82 Å². The third-order valence-electron chi connectivity index (χ3n) is 4.09. The quantitative estimate of drug-likeness (QED) is 0.653. The van der Waals surface area contributed by atoms with Crippen LogP contribution in [0.25, 0.3) is 0 Å². The lowest BCUT2D eigenvalue weighted by atomic mass is 10.2. The lowest BCUT2D eigenvalue weighted by molar-refractivity contribution is -0.116. The smallest absolute Gasteiger partial charge is 0.252 e. The van der Waals surface area contributed by atoms with Gasteiger partial charge in [0.1, 0.15) is 5.82 Å². The number of carbonyl (C=O) groups is 2. The Morgan fingerprint density at radius 2 is 1.74 bits per heavy atom. The first-order valence-corrected chi connectivity index (χ1v) is 9.62. The van der Waals surface area contributed by atoms with E-state index in [1.165, 1.54) is 12.1 Å². The zero-order chi connectivity index (χ0) is 19.8. The van der Waals surface area contributed by atoms with Gasteiger partial charge >= 0.3 is 0 Å². The molecule has 144 valence electrons. The highest BCUT2D eigenvalue weighted by Crippen LogP contribution is 2.18. The number of nitrogens with zero attached hydrogens (tertiary/aromatic N) is 1. The molecular weight excluding hydrogens is 413 g/mol. The second-order valence-corrected chi connectivity index (χ2v) is 6.75. The summed E-state index contributed by atoms with van der Waals surface area (Å²) in [5.74, 6) is -1.13. The van der Waals surface area contributed by atoms with Gasteiger partial charge in [-0.2, -0.15) is 0 Å². The highest BCUT2D eigenvalue weighted by molar-refractivity contribution is 9.10. The Bertz CT molecular complexity index is 792. The molecule has 27 heavy (non-hydrogen) atoms. The van der Waals surface area contributed by atoms with E-state index in [1.807, 2.05) is 24.3 Å². The van der Waals surface area contributed by atoms with Gasteiger partial charge in [0.15, 0.2) is 0 Å². The molecule has 0 aliphatic heterocycles. The molecule has 0 aliphatic carbocycles. The summed E-state index contributed by atoms with van der Waals surface area (Å²) < 4.78 is 13.8. The van der Waals surface area contributed by atoms with Gasteiger partial charge in [0.05, 0.1) is 5.56 Å². The van der Waals surface area contributed by atoms with E-state index >= 15 is 0 Å². The van der Waals surface area contributed by atoms with E-state index in [1.54, 1.807) is 0 Å². The second-order valence-electron chi connectivity index (χ2n) is 5.90. The maximum absolute atomic E-state index is 13.3. The third kappa shape index (κ3) is 6.06. The molecule has 0 fully saturated rings. The molecule has 2 rings (SSSR count). The highest BCUT2D eigenvalue weighted by atomic mass is 79.9. The Morgan fingerprint density at radius 3 is 2.37 bits per heavy atom. The van der Waals surface area contributed by atoms with E-state index < -0.39 is 11.7 Å². The molecule has 0 saturated carbocycles. The first kappa shape index (κ1) is 20.9. The summed E-state index contributed by atoms with van der Waals surface area (Å²) in [4.78, 5) is 26.3. The van der Waals surface area contributed by atoms with Gasteiger partial charge in [-0.25, -0.2) is 4.39 Å². The van der Waals surface area contributed by atoms with Crippen molar-refractivity contribution in [3.63, 3.8) is 0 Å². The van der Waals surface area contributed by atoms with Crippen LogP contribution >= 0.6 is 15.9 Å². The molecule has 0 aromatic heterocycles. The van der Waals surface area contributed by atoms with Crippen molar-refractivity contribution in [3.8, 4) is 0 Å². The van der Waals surface area contributed by atoms with Crippen LogP contribution < -0.4 is 15.5 Å². The molecule has 0 bridgehead atoms. The van der Waals surface area contributed by atoms with Crippen molar-refractivity contribution in [3.05, 3.63) is 58.3 Å². The average Bonchev–Trinajstić information content (AvgIpc) is 2.66. The summed E-state index contributed by atoms with van der Waals surface area (Å²) in [7, 11) is 0. The minimum Gasteiger partial charge on any atom is -0.372 e. The molecule has 0 aliphatic rings. The van der Waals surface area contributed by atoms with E-state index in [4.69, 9.17) is 0 Å². The fourth-order valence-corrected chi connectivity index (χ4v) is 3.05. The molecule has 2 N–H and O–H groups in total. The number of anilines is 2. The summed E-state index contributed by atoms with van der Waals surface area (Å²) in [5.41, 5.74) is 2.00. The first-order chi connectivity index (χ1) is 12.9. The normalized spacial score (nSPS) is 10.4. The molecule has 0 spiro atoms. The summed E-state index contributed by atoms with van der Waals surface area (Å²) in [5, 5.41) is 5.42. The minimum absolute atomic E-state index is 0.121. The van der Waals surface area contributed by atoms with E-state index in [2.05, 4.69) is 45.3 Å². The van der Waals surface area contributed by atoms with E-state index in [0.717, 1.165) is 24.8 Å². The fourth-order valence-electron chi connectivity index (χ4n) is 2.62. The standard InChI is InChI=1S/C20H23BrFN3O2/c1-3-25(4-2)16-8-6-15(7-9-16)24-19(26)11-12-23-20(27)17-13-14(22)5-10-18(17)21/h5-10,13H,3-4,11-12H2,1-2H3,(H,23,27)(H,24,26). The van der Waals surface area contributed by atoms with Crippen molar-refractivity contribution in [2.75, 3.05) is 29.9 Å². The Kier molecular flexibility index (Phi) is 7.79. The molecule has 0 atom stereocenters. The predicted molar refractivity (Wildman–Crippen MR) is 110 cm³/mol. The molecule has 0 radical (unpaired) electrons. The average molecular weight is 436 g/mol. The van der Waals surface area contributed by atoms with Crippen LogP contribution in [0.2, 0.25) is 0 Å². The Labute approximate surface area is 167 Å². The van der Waals surface area contributed by atoms with Crippen LogP contribution in [0.15, 0.2) is 46.9 Å². The van der Waals surface area contributed by atoms with Crippen molar-refractivity contribution in [1.29, 1.82) is 0 Å². The maximum Gasteiger partial charge on any atom is 0.252 e. The summed E-state index contributed by atoms with van der Waals surface area (Å²) in [6, 6.07) is 11.5. The van der Waals surface area contributed by atoms with Crippen LogP contribution in [0.5, 0.6) is 0 Å². The summed E-state index contributed by atoms with van der Waals surface area (Å²) in [6.45, 7) is 6.18. The largest absolute Gasteiger partial charge is 0.372 e. The molecule has 0 unspecified atom stereocenters. The fraction of sp³-hybridized carbons (Fsp3) is 0.300. The Balaban J connectivity index is 1.82. The number of carbonyl (C=O) groups excluding carboxylic acids is 2. The molecule has 5 nitrogen and oxygen atoms in total. The van der Waals surface area contributed by atoms with Crippen molar-refractivity contribution in [2.24, 2.45) is 0 Å². The molecular formula is C20H23BrFN3O2. The number of rotatable bonds is 8. The molecule has 2 aromatic carbocycles. The topological polar surface area (TPSA) is 61.4 Å². The summed E-state index contributed by atoms with van der Waals surface area (Å²) >= 11 is 3.21. The maximum atomic E-state index is 13.3. The Morgan fingerprint density at radius 1 is 1.07 bits per heavy atom. The van der Waals surface area contributed by atoms with Crippen molar-refractivity contribution in [1.82, 2.24) is 5.32 Å². The summed E-state index contributed by atoms with van der Waals surface area (Å²) in [6.07, 6.45) is 0.121. The van der Waals surface area contributed by atoms with Gasteiger partial charge in [0, 0.05) is 41.9 Å². The highest BCUT2D eigenvalue weighted by Gasteiger charge is 2.11. The molecule has 2 aromatic rings. The van der Waals surface area contributed by atoms with Gasteiger partial charge in [-0.15, -0.1) is 0 Å². The van der Waals surface area contributed by atoms with Crippen molar-refractivity contribution in [2.45, 2.75) is 20.3 Å². The zero-order valence-corrected chi connectivity index (χ0v) is 17.0.